The van der Waals surface area contributed by atoms with Crippen molar-refractivity contribution in [3.05, 3.63) is 80.9 Å². The second-order valence-corrected chi connectivity index (χ2v) is 8.86. The molecule has 32 heavy (non-hydrogen) atoms. The smallest absolute Gasteiger partial charge is 0.253 e. The molecule has 1 aliphatic heterocycles. The van der Waals surface area contributed by atoms with Crippen molar-refractivity contribution < 1.29 is 9.13 Å². The minimum atomic E-state index is -0.281. The van der Waals surface area contributed by atoms with Crippen molar-refractivity contribution >= 4 is 28.2 Å². The number of aryl methyl sites for hydroxylation is 2. The third-order valence-corrected chi connectivity index (χ3v) is 6.23. The molecular weight excluding hydrogens is 425 g/mol. The van der Waals surface area contributed by atoms with E-state index in [1.165, 1.54) is 12.1 Å². The zero-order chi connectivity index (χ0) is 22.7. The summed E-state index contributed by atoms with van der Waals surface area (Å²) in [6, 6.07) is 12.4. The maximum absolute atomic E-state index is 13.4. The molecule has 0 bridgehead atoms. The van der Waals surface area contributed by atoms with Gasteiger partial charge in [-0.05, 0) is 79.9 Å². The number of benzene rings is 2. The Labute approximate surface area is 192 Å². The zero-order valence-corrected chi connectivity index (χ0v) is 19.2. The number of aromatic nitrogens is 1. The summed E-state index contributed by atoms with van der Waals surface area (Å²) < 4.78 is 19.1. The molecule has 0 radical (unpaired) electrons. The van der Waals surface area contributed by atoms with Gasteiger partial charge >= 0.3 is 0 Å². The van der Waals surface area contributed by atoms with Crippen molar-refractivity contribution in [2.45, 2.75) is 45.9 Å². The van der Waals surface area contributed by atoms with Gasteiger partial charge in [0.1, 0.15) is 5.82 Å². The molecule has 1 aromatic heterocycles. The normalized spacial score (nSPS) is 15.8. The van der Waals surface area contributed by atoms with Crippen LogP contribution >= 0.6 is 12.2 Å². The van der Waals surface area contributed by atoms with Gasteiger partial charge in [-0.3, -0.25) is 4.79 Å². The summed E-state index contributed by atoms with van der Waals surface area (Å²) >= 11 is 5.69. The first kappa shape index (κ1) is 22.4. The van der Waals surface area contributed by atoms with Crippen LogP contribution in [0.25, 0.3) is 10.9 Å². The number of nitrogens with one attached hydrogen (secondary N) is 2. The standard InChI is InChI=1S/C25H28FN3O2S/c1-16-10-17(2)22-12-19(24(30)28-23(22)11-16)15-29(14-18-5-7-20(26)8-6-18)25(32)27-13-21-4-3-9-31-21/h5-8,10-12,21H,3-4,9,13-15H2,1-2H3,(H,27,32)(H,28,30)/t21-/m0/s1. The minimum Gasteiger partial charge on any atom is -0.376 e. The molecule has 1 saturated heterocycles. The fraction of sp³-hybridized carbons (Fsp3) is 0.360. The molecule has 1 aliphatic rings. The van der Waals surface area contributed by atoms with Gasteiger partial charge in [0.05, 0.1) is 12.6 Å². The highest BCUT2D eigenvalue weighted by atomic mass is 32.1. The highest BCUT2D eigenvalue weighted by Crippen LogP contribution is 2.20. The number of fused-ring (bicyclic) bond motifs is 1. The van der Waals surface area contributed by atoms with Gasteiger partial charge in [0.25, 0.3) is 5.56 Å². The van der Waals surface area contributed by atoms with E-state index in [1.54, 1.807) is 12.1 Å². The molecule has 4 rings (SSSR count). The summed E-state index contributed by atoms with van der Waals surface area (Å²) in [7, 11) is 0. The summed E-state index contributed by atoms with van der Waals surface area (Å²) in [6.45, 7) is 6.27. The summed E-state index contributed by atoms with van der Waals surface area (Å²) in [5.74, 6) is -0.281. The molecule has 2 N–H and O–H groups in total. The third kappa shape index (κ3) is 5.34. The van der Waals surface area contributed by atoms with Crippen LogP contribution in [0, 0.1) is 19.7 Å². The lowest BCUT2D eigenvalue weighted by molar-refractivity contribution is 0.113. The molecule has 0 amide bonds. The van der Waals surface area contributed by atoms with Crippen molar-refractivity contribution in [2.75, 3.05) is 13.2 Å². The van der Waals surface area contributed by atoms with Crippen LogP contribution in [-0.2, 0) is 17.8 Å². The average molecular weight is 454 g/mol. The highest BCUT2D eigenvalue weighted by molar-refractivity contribution is 7.80. The van der Waals surface area contributed by atoms with E-state index in [-0.39, 0.29) is 17.5 Å². The Morgan fingerprint density at radius 1 is 1.22 bits per heavy atom. The molecule has 168 valence electrons. The third-order valence-electron chi connectivity index (χ3n) is 5.83. The van der Waals surface area contributed by atoms with Crippen LogP contribution in [0.5, 0.6) is 0 Å². The number of nitrogens with zero attached hydrogens (tertiary/aromatic N) is 1. The molecule has 0 spiro atoms. The van der Waals surface area contributed by atoms with Gasteiger partial charge in [-0.25, -0.2) is 4.39 Å². The first-order chi connectivity index (χ1) is 15.4. The Morgan fingerprint density at radius 2 is 2.00 bits per heavy atom. The van der Waals surface area contributed by atoms with E-state index in [1.807, 2.05) is 30.9 Å². The molecule has 1 atom stereocenters. The molecule has 7 heteroatoms. The number of H-pyrrole nitrogens is 1. The highest BCUT2D eigenvalue weighted by Gasteiger charge is 2.19. The number of rotatable bonds is 6. The molecular formula is C25H28FN3O2S. The van der Waals surface area contributed by atoms with Gasteiger partial charge in [-0.15, -0.1) is 0 Å². The number of ether oxygens (including phenoxy) is 1. The van der Waals surface area contributed by atoms with E-state index >= 15 is 0 Å². The van der Waals surface area contributed by atoms with Crippen LogP contribution in [0.1, 0.15) is 35.1 Å². The summed E-state index contributed by atoms with van der Waals surface area (Å²) in [5, 5.41) is 4.86. The zero-order valence-electron chi connectivity index (χ0n) is 18.4. The van der Waals surface area contributed by atoms with Gasteiger partial charge in [0, 0.05) is 36.2 Å². The molecule has 0 unspecified atom stereocenters. The van der Waals surface area contributed by atoms with Crippen LogP contribution in [0.15, 0.2) is 47.3 Å². The molecule has 2 aromatic carbocycles. The topological polar surface area (TPSA) is 57.4 Å². The molecule has 1 fully saturated rings. The second-order valence-electron chi connectivity index (χ2n) is 8.47. The Morgan fingerprint density at radius 3 is 2.72 bits per heavy atom. The van der Waals surface area contributed by atoms with Crippen LogP contribution in [0.2, 0.25) is 0 Å². The first-order valence-electron chi connectivity index (χ1n) is 10.9. The number of pyridine rings is 1. The molecule has 0 aliphatic carbocycles. The predicted molar refractivity (Wildman–Crippen MR) is 129 cm³/mol. The van der Waals surface area contributed by atoms with Crippen LogP contribution in [-0.4, -0.2) is 34.3 Å². The fourth-order valence-electron chi connectivity index (χ4n) is 4.17. The van der Waals surface area contributed by atoms with Crippen molar-refractivity contribution in [3.63, 3.8) is 0 Å². The van der Waals surface area contributed by atoms with E-state index in [4.69, 9.17) is 17.0 Å². The van der Waals surface area contributed by atoms with Gasteiger partial charge in [0.2, 0.25) is 0 Å². The van der Waals surface area contributed by atoms with Gasteiger partial charge in [-0.2, -0.15) is 0 Å². The summed E-state index contributed by atoms with van der Waals surface area (Å²) in [6.07, 6.45) is 2.22. The van der Waals surface area contributed by atoms with E-state index in [2.05, 4.69) is 16.4 Å². The van der Waals surface area contributed by atoms with Gasteiger partial charge < -0.3 is 19.9 Å². The van der Waals surface area contributed by atoms with Crippen molar-refractivity contribution in [1.82, 2.24) is 15.2 Å². The van der Waals surface area contributed by atoms with E-state index in [9.17, 15) is 9.18 Å². The van der Waals surface area contributed by atoms with Gasteiger partial charge in [0.15, 0.2) is 5.11 Å². The fourth-order valence-corrected chi connectivity index (χ4v) is 4.38. The minimum absolute atomic E-state index is 0.131. The van der Waals surface area contributed by atoms with E-state index in [0.29, 0.717) is 30.3 Å². The lowest BCUT2D eigenvalue weighted by Gasteiger charge is -2.27. The lowest BCUT2D eigenvalue weighted by atomic mass is 10.0. The largest absolute Gasteiger partial charge is 0.376 e. The van der Waals surface area contributed by atoms with E-state index < -0.39 is 0 Å². The van der Waals surface area contributed by atoms with Crippen LogP contribution in [0.3, 0.4) is 0 Å². The quantitative estimate of drug-likeness (QED) is 0.544. The van der Waals surface area contributed by atoms with Crippen molar-refractivity contribution in [2.24, 2.45) is 0 Å². The number of hydrogen-bond donors (Lipinski definition) is 2. The molecule has 2 heterocycles. The second kappa shape index (κ2) is 9.79. The van der Waals surface area contributed by atoms with Crippen LogP contribution in [0.4, 0.5) is 4.39 Å². The predicted octanol–water partition coefficient (Wildman–Crippen LogP) is 4.34. The number of hydrogen-bond acceptors (Lipinski definition) is 3. The Kier molecular flexibility index (Phi) is 6.86. The Bertz CT molecular complexity index is 1170. The molecule has 3 aromatic rings. The molecule has 5 nitrogen and oxygen atoms in total. The number of thiocarbonyl (C=S) groups is 1. The Balaban J connectivity index is 1.59. The van der Waals surface area contributed by atoms with Crippen molar-refractivity contribution in [3.8, 4) is 0 Å². The van der Waals surface area contributed by atoms with E-state index in [0.717, 1.165) is 47.0 Å². The summed E-state index contributed by atoms with van der Waals surface area (Å²) in [5.41, 5.74) is 4.47. The number of aromatic amines is 1. The SMILES string of the molecule is Cc1cc(C)c2cc(CN(Cc3ccc(F)cc3)C(=S)NC[C@@H]3CCCO3)c(=O)[nH]c2c1. The maximum atomic E-state index is 13.4. The average Bonchev–Trinajstić information content (AvgIpc) is 3.27. The summed E-state index contributed by atoms with van der Waals surface area (Å²) in [4.78, 5) is 17.8. The monoisotopic (exact) mass is 453 g/mol. The lowest BCUT2D eigenvalue weighted by Crippen LogP contribution is -2.42. The molecule has 0 saturated carbocycles. The Hall–Kier alpha value is -2.77. The van der Waals surface area contributed by atoms with Gasteiger partial charge in [-0.1, -0.05) is 18.2 Å². The number of halogens is 1. The maximum Gasteiger partial charge on any atom is 0.253 e. The van der Waals surface area contributed by atoms with Crippen molar-refractivity contribution in [1.29, 1.82) is 0 Å². The van der Waals surface area contributed by atoms with Crippen LogP contribution < -0.4 is 10.9 Å². The first-order valence-corrected chi connectivity index (χ1v) is 11.3.